The first-order valence-corrected chi connectivity index (χ1v) is 9.98. The van der Waals surface area contributed by atoms with Crippen molar-refractivity contribution in [3.8, 4) is 10.6 Å². The van der Waals surface area contributed by atoms with Crippen LogP contribution in [0.4, 0.5) is 0 Å². The van der Waals surface area contributed by atoms with Gasteiger partial charge in [-0.05, 0) is 37.3 Å². The van der Waals surface area contributed by atoms with Crippen LogP contribution in [0.2, 0.25) is 0 Å². The van der Waals surface area contributed by atoms with Crippen molar-refractivity contribution in [2.75, 3.05) is 13.1 Å². The number of rotatable bonds is 3. The number of carbonyl (C=O) groups is 1. The summed E-state index contributed by atoms with van der Waals surface area (Å²) in [7, 11) is 0. The standard InChI is InChI=1S/C18H18N4OS2/c1-12-16(14-4-7-19-11-20-14)25-17(21-12)13-5-8-22(9-6-13)18(23)15-3-2-10-24-15/h2-4,7,10-11,13H,5-6,8-9H2,1H3. The van der Waals surface area contributed by atoms with Gasteiger partial charge in [0.05, 0.1) is 26.1 Å². The molecule has 0 radical (unpaired) electrons. The topological polar surface area (TPSA) is 59.0 Å². The van der Waals surface area contributed by atoms with Crippen molar-refractivity contribution in [1.82, 2.24) is 19.9 Å². The van der Waals surface area contributed by atoms with E-state index in [1.165, 1.54) is 11.3 Å². The zero-order valence-electron chi connectivity index (χ0n) is 13.9. The van der Waals surface area contributed by atoms with E-state index >= 15 is 0 Å². The number of aromatic nitrogens is 3. The Morgan fingerprint density at radius 3 is 2.80 bits per heavy atom. The number of nitrogens with zero attached hydrogens (tertiary/aromatic N) is 4. The minimum absolute atomic E-state index is 0.158. The monoisotopic (exact) mass is 370 g/mol. The van der Waals surface area contributed by atoms with Crippen molar-refractivity contribution in [3.63, 3.8) is 0 Å². The van der Waals surface area contributed by atoms with Crippen LogP contribution in [0.15, 0.2) is 36.1 Å². The molecule has 0 aromatic carbocycles. The molecule has 0 aliphatic carbocycles. The molecule has 25 heavy (non-hydrogen) atoms. The second kappa shape index (κ2) is 7.01. The van der Waals surface area contributed by atoms with Gasteiger partial charge in [-0.3, -0.25) is 4.79 Å². The Balaban J connectivity index is 1.46. The summed E-state index contributed by atoms with van der Waals surface area (Å²) in [6.07, 6.45) is 5.26. The molecule has 0 bridgehead atoms. The molecule has 3 aromatic heterocycles. The lowest BCUT2D eigenvalue weighted by Gasteiger charge is -2.30. The average Bonchev–Trinajstić information content (AvgIpc) is 3.32. The third-order valence-corrected chi connectivity index (χ3v) is 6.69. The van der Waals surface area contributed by atoms with Crippen LogP contribution in [-0.2, 0) is 0 Å². The number of likely N-dealkylation sites (tertiary alicyclic amines) is 1. The van der Waals surface area contributed by atoms with Gasteiger partial charge in [0, 0.05) is 25.2 Å². The highest BCUT2D eigenvalue weighted by Gasteiger charge is 2.27. The number of hydrogen-bond donors (Lipinski definition) is 0. The highest BCUT2D eigenvalue weighted by atomic mass is 32.1. The van der Waals surface area contributed by atoms with Crippen LogP contribution in [0.3, 0.4) is 0 Å². The predicted octanol–water partition coefficient (Wildman–Crippen LogP) is 3.99. The van der Waals surface area contributed by atoms with Crippen molar-refractivity contribution in [2.24, 2.45) is 0 Å². The number of carbonyl (C=O) groups excluding carboxylic acids is 1. The van der Waals surface area contributed by atoms with Crippen LogP contribution in [0.1, 0.15) is 39.1 Å². The fraction of sp³-hybridized carbons (Fsp3) is 0.333. The SMILES string of the molecule is Cc1nc(C2CCN(C(=O)c3cccs3)CC2)sc1-c1ccncn1. The van der Waals surface area contributed by atoms with Crippen LogP contribution < -0.4 is 0 Å². The van der Waals surface area contributed by atoms with Gasteiger partial charge in [-0.25, -0.2) is 15.0 Å². The summed E-state index contributed by atoms with van der Waals surface area (Å²) < 4.78 is 0. The highest BCUT2D eigenvalue weighted by molar-refractivity contribution is 7.15. The Bertz CT molecular complexity index is 853. The fourth-order valence-electron chi connectivity index (χ4n) is 3.14. The zero-order chi connectivity index (χ0) is 17.2. The van der Waals surface area contributed by atoms with E-state index in [1.54, 1.807) is 23.9 Å². The van der Waals surface area contributed by atoms with Gasteiger partial charge in [-0.1, -0.05) is 6.07 Å². The molecule has 4 heterocycles. The van der Waals surface area contributed by atoms with E-state index < -0.39 is 0 Å². The molecular weight excluding hydrogens is 352 g/mol. The second-order valence-corrected chi connectivity index (χ2v) is 8.08. The molecule has 1 aliphatic heterocycles. The largest absolute Gasteiger partial charge is 0.338 e. The summed E-state index contributed by atoms with van der Waals surface area (Å²) >= 11 is 3.23. The maximum atomic E-state index is 12.5. The first-order chi connectivity index (χ1) is 12.2. The minimum atomic E-state index is 0.158. The molecule has 7 heteroatoms. The molecule has 0 N–H and O–H groups in total. The number of amides is 1. The van der Waals surface area contributed by atoms with Gasteiger partial charge in [0.25, 0.3) is 5.91 Å². The lowest BCUT2D eigenvalue weighted by atomic mass is 9.97. The molecule has 1 amide bonds. The van der Waals surface area contributed by atoms with E-state index in [0.717, 1.165) is 52.1 Å². The number of thiazole rings is 1. The average molecular weight is 371 g/mol. The van der Waals surface area contributed by atoms with Gasteiger partial charge in [0.15, 0.2) is 0 Å². The molecule has 128 valence electrons. The maximum Gasteiger partial charge on any atom is 0.263 e. The Kier molecular flexibility index (Phi) is 4.59. The molecule has 5 nitrogen and oxygen atoms in total. The molecule has 0 atom stereocenters. The molecule has 1 fully saturated rings. The third-order valence-electron chi connectivity index (χ3n) is 4.49. The number of hydrogen-bond acceptors (Lipinski definition) is 6. The van der Waals surface area contributed by atoms with Gasteiger partial charge < -0.3 is 4.90 Å². The Morgan fingerprint density at radius 2 is 2.12 bits per heavy atom. The summed E-state index contributed by atoms with van der Waals surface area (Å²) in [5, 5.41) is 3.11. The zero-order valence-corrected chi connectivity index (χ0v) is 15.5. The maximum absolute atomic E-state index is 12.5. The Labute approximate surface area is 154 Å². The van der Waals surface area contributed by atoms with Crippen LogP contribution in [0.5, 0.6) is 0 Å². The summed E-state index contributed by atoms with van der Waals surface area (Å²) in [5.41, 5.74) is 1.96. The summed E-state index contributed by atoms with van der Waals surface area (Å²) in [4.78, 5) is 29.5. The van der Waals surface area contributed by atoms with Gasteiger partial charge >= 0.3 is 0 Å². The number of thiophene rings is 1. The van der Waals surface area contributed by atoms with E-state index in [1.807, 2.05) is 35.4 Å². The second-order valence-electron chi connectivity index (χ2n) is 6.11. The number of piperidine rings is 1. The Morgan fingerprint density at radius 1 is 1.28 bits per heavy atom. The smallest absolute Gasteiger partial charge is 0.263 e. The van der Waals surface area contributed by atoms with Crippen molar-refractivity contribution >= 4 is 28.6 Å². The number of aryl methyl sites for hydroxylation is 1. The van der Waals surface area contributed by atoms with Crippen LogP contribution >= 0.6 is 22.7 Å². The summed E-state index contributed by atoms with van der Waals surface area (Å²) in [6.45, 7) is 3.62. The van der Waals surface area contributed by atoms with Crippen LogP contribution in [0.25, 0.3) is 10.6 Å². The molecular formula is C18H18N4OS2. The molecule has 0 spiro atoms. The van der Waals surface area contributed by atoms with Crippen LogP contribution in [0, 0.1) is 6.92 Å². The first kappa shape index (κ1) is 16.4. The quantitative estimate of drug-likeness (QED) is 0.699. The molecule has 0 unspecified atom stereocenters. The molecule has 1 aliphatic rings. The van der Waals surface area contributed by atoms with E-state index in [0.29, 0.717) is 5.92 Å². The van der Waals surface area contributed by atoms with Gasteiger partial charge in [-0.15, -0.1) is 22.7 Å². The van der Waals surface area contributed by atoms with Gasteiger partial charge in [-0.2, -0.15) is 0 Å². The molecule has 4 rings (SSSR count). The van der Waals surface area contributed by atoms with Crippen LogP contribution in [-0.4, -0.2) is 38.8 Å². The van der Waals surface area contributed by atoms with Crippen molar-refractivity contribution in [1.29, 1.82) is 0 Å². The molecule has 1 saturated heterocycles. The Hall–Kier alpha value is -2.12. The predicted molar refractivity (Wildman–Crippen MR) is 100 cm³/mol. The fourth-order valence-corrected chi connectivity index (χ4v) is 5.04. The van der Waals surface area contributed by atoms with Crippen molar-refractivity contribution < 1.29 is 4.79 Å². The summed E-state index contributed by atoms with van der Waals surface area (Å²) in [6, 6.07) is 5.75. The van der Waals surface area contributed by atoms with Crippen molar-refractivity contribution in [2.45, 2.75) is 25.7 Å². The lowest BCUT2D eigenvalue weighted by molar-refractivity contribution is 0.0718. The van der Waals surface area contributed by atoms with E-state index in [2.05, 4.69) is 9.97 Å². The third kappa shape index (κ3) is 3.34. The van der Waals surface area contributed by atoms with E-state index in [4.69, 9.17) is 4.98 Å². The molecule has 0 saturated carbocycles. The summed E-state index contributed by atoms with van der Waals surface area (Å²) in [5.74, 6) is 0.581. The highest BCUT2D eigenvalue weighted by Crippen LogP contribution is 2.36. The van der Waals surface area contributed by atoms with E-state index in [-0.39, 0.29) is 5.91 Å². The minimum Gasteiger partial charge on any atom is -0.338 e. The lowest BCUT2D eigenvalue weighted by Crippen LogP contribution is -2.37. The van der Waals surface area contributed by atoms with Gasteiger partial charge in [0.1, 0.15) is 6.33 Å². The van der Waals surface area contributed by atoms with Crippen molar-refractivity contribution in [3.05, 3.63) is 51.7 Å². The van der Waals surface area contributed by atoms with Gasteiger partial charge in [0.2, 0.25) is 0 Å². The first-order valence-electron chi connectivity index (χ1n) is 8.29. The van der Waals surface area contributed by atoms with E-state index in [9.17, 15) is 4.79 Å². The molecule has 3 aromatic rings. The normalized spacial score (nSPS) is 15.5.